The molecule has 0 aliphatic rings. The fraction of sp³-hybridized carbons (Fsp3) is 0.250. The van der Waals surface area contributed by atoms with Crippen molar-refractivity contribution in [1.29, 1.82) is 0 Å². The van der Waals surface area contributed by atoms with Gasteiger partial charge in [-0.3, -0.25) is 4.68 Å². The molecule has 4 nitrogen and oxygen atoms in total. The standard InChI is InChI=1S/C12H15N3O/c1-15-8-10(7-14-15)6-13-12-5-3-2-4-11(12)9-16/h2-5,7-8,13,16H,6,9H2,1H3. The van der Waals surface area contributed by atoms with E-state index in [0.29, 0.717) is 6.54 Å². The Morgan fingerprint density at radius 2 is 2.19 bits per heavy atom. The molecule has 0 unspecified atom stereocenters. The van der Waals surface area contributed by atoms with Crippen molar-refractivity contribution in [3.8, 4) is 0 Å². The maximum absolute atomic E-state index is 9.16. The SMILES string of the molecule is Cn1cc(CNc2ccccc2CO)cn1. The lowest BCUT2D eigenvalue weighted by atomic mass is 10.2. The summed E-state index contributed by atoms with van der Waals surface area (Å²) in [7, 11) is 1.89. The number of aryl methyl sites for hydroxylation is 1. The second kappa shape index (κ2) is 4.81. The van der Waals surface area contributed by atoms with Crippen LogP contribution in [0.25, 0.3) is 0 Å². The van der Waals surface area contributed by atoms with E-state index in [1.807, 2.05) is 43.7 Å². The average Bonchev–Trinajstić information content (AvgIpc) is 2.73. The molecule has 0 radical (unpaired) electrons. The number of para-hydroxylation sites is 1. The topological polar surface area (TPSA) is 50.1 Å². The first kappa shape index (κ1) is 10.7. The van der Waals surface area contributed by atoms with Gasteiger partial charge in [-0.1, -0.05) is 18.2 Å². The smallest absolute Gasteiger partial charge is 0.0701 e. The fourth-order valence-electron chi connectivity index (χ4n) is 1.59. The third-order valence-electron chi connectivity index (χ3n) is 2.43. The molecule has 1 heterocycles. The molecule has 0 atom stereocenters. The summed E-state index contributed by atoms with van der Waals surface area (Å²) in [6.45, 7) is 0.765. The summed E-state index contributed by atoms with van der Waals surface area (Å²) in [6, 6.07) is 7.74. The van der Waals surface area contributed by atoms with E-state index >= 15 is 0 Å². The number of hydrogen-bond acceptors (Lipinski definition) is 3. The Labute approximate surface area is 94.5 Å². The van der Waals surface area contributed by atoms with Crippen molar-refractivity contribution in [3.63, 3.8) is 0 Å². The summed E-state index contributed by atoms with van der Waals surface area (Å²) in [5.74, 6) is 0. The molecule has 0 spiro atoms. The second-order valence-corrected chi connectivity index (χ2v) is 3.69. The van der Waals surface area contributed by atoms with Crippen LogP contribution in [-0.4, -0.2) is 14.9 Å². The van der Waals surface area contributed by atoms with Gasteiger partial charge in [0.05, 0.1) is 12.8 Å². The van der Waals surface area contributed by atoms with Gasteiger partial charge in [0, 0.05) is 36.6 Å². The van der Waals surface area contributed by atoms with Gasteiger partial charge in [-0.05, 0) is 6.07 Å². The lowest BCUT2D eigenvalue weighted by molar-refractivity contribution is 0.282. The van der Waals surface area contributed by atoms with Crippen LogP contribution in [0.1, 0.15) is 11.1 Å². The van der Waals surface area contributed by atoms with E-state index in [1.54, 1.807) is 4.68 Å². The number of benzene rings is 1. The van der Waals surface area contributed by atoms with Crippen LogP contribution in [0.3, 0.4) is 0 Å². The molecule has 2 aromatic rings. The molecule has 84 valence electrons. The number of anilines is 1. The molecule has 0 aliphatic carbocycles. The van der Waals surface area contributed by atoms with Crippen molar-refractivity contribution in [2.45, 2.75) is 13.2 Å². The van der Waals surface area contributed by atoms with Gasteiger partial charge in [0.15, 0.2) is 0 Å². The van der Waals surface area contributed by atoms with Crippen molar-refractivity contribution in [1.82, 2.24) is 9.78 Å². The predicted octanol–water partition coefficient (Wildman–Crippen LogP) is 1.52. The van der Waals surface area contributed by atoms with Crippen LogP contribution in [0.2, 0.25) is 0 Å². The molecule has 0 amide bonds. The molecule has 0 saturated carbocycles. The molecule has 1 aromatic heterocycles. The van der Waals surface area contributed by atoms with E-state index in [9.17, 15) is 0 Å². The average molecular weight is 217 g/mol. The van der Waals surface area contributed by atoms with Crippen molar-refractivity contribution >= 4 is 5.69 Å². The van der Waals surface area contributed by atoms with E-state index in [4.69, 9.17) is 5.11 Å². The quantitative estimate of drug-likeness (QED) is 0.816. The van der Waals surface area contributed by atoms with E-state index in [1.165, 1.54) is 0 Å². The van der Waals surface area contributed by atoms with Crippen molar-refractivity contribution in [3.05, 3.63) is 47.8 Å². The highest BCUT2D eigenvalue weighted by Gasteiger charge is 2.00. The summed E-state index contributed by atoms with van der Waals surface area (Å²) in [5.41, 5.74) is 3.00. The minimum atomic E-state index is 0.0518. The lowest BCUT2D eigenvalue weighted by Gasteiger charge is -2.08. The Hall–Kier alpha value is -1.81. The first-order chi connectivity index (χ1) is 7.79. The Morgan fingerprint density at radius 3 is 2.88 bits per heavy atom. The Morgan fingerprint density at radius 1 is 1.38 bits per heavy atom. The van der Waals surface area contributed by atoms with Crippen molar-refractivity contribution < 1.29 is 5.11 Å². The lowest BCUT2D eigenvalue weighted by Crippen LogP contribution is -2.01. The van der Waals surface area contributed by atoms with Gasteiger partial charge in [0.1, 0.15) is 0 Å². The largest absolute Gasteiger partial charge is 0.392 e. The van der Waals surface area contributed by atoms with Gasteiger partial charge in [-0.25, -0.2) is 0 Å². The van der Waals surface area contributed by atoms with Gasteiger partial charge in [0.2, 0.25) is 0 Å². The molecule has 2 rings (SSSR count). The van der Waals surface area contributed by atoms with Crippen LogP contribution in [-0.2, 0) is 20.2 Å². The fourth-order valence-corrected chi connectivity index (χ4v) is 1.59. The molecule has 0 saturated heterocycles. The molecule has 4 heteroatoms. The van der Waals surface area contributed by atoms with E-state index in [0.717, 1.165) is 16.8 Å². The number of hydrogen-bond donors (Lipinski definition) is 2. The van der Waals surface area contributed by atoms with Gasteiger partial charge in [0.25, 0.3) is 0 Å². The molecule has 0 aliphatic heterocycles. The number of aromatic nitrogens is 2. The van der Waals surface area contributed by atoms with Gasteiger partial charge < -0.3 is 10.4 Å². The highest BCUT2D eigenvalue weighted by Crippen LogP contribution is 2.15. The normalized spacial score (nSPS) is 10.4. The highest BCUT2D eigenvalue weighted by molar-refractivity contribution is 5.50. The van der Waals surface area contributed by atoms with Crippen LogP contribution in [0.4, 0.5) is 5.69 Å². The summed E-state index contributed by atoms with van der Waals surface area (Å²) in [4.78, 5) is 0. The van der Waals surface area contributed by atoms with E-state index < -0.39 is 0 Å². The van der Waals surface area contributed by atoms with Gasteiger partial charge >= 0.3 is 0 Å². The molecular weight excluding hydrogens is 202 g/mol. The number of aliphatic hydroxyl groups excluding tert-OH is 1. The van der Waals surface area contributed by atoms with Crippen molar-refractivity contribution in [2.75, 3.05) is 5.32 Å². The highest BCUT2D eigenvalue weighted by atomic mass is 16.3. The Bertz CT molecular complexity index is 465. The zero-order valence-corrected chi connectivity index (χ0v) is 9.22. The monoisotopic (exact) mass is 217 g/mol. The molecule has 1 aromatic carbocycles. The minimum Gasteiger partial charge on any atom is -0.392 e. The number of aliphatic hydroxyl groups is 1. The Kier molecular flexibility index (Phi) is 3.22. The van der Waals surface area contributed by atoms with E-state index in [2.05, 4.69) is 10.4 Å². The van der Waals surface area contributed by atoms with Crippen LogP contribution >= 0.6 is 0 Å². The minimum absolute atomic E-state index is 0.0518. The zero-order valence-electron chi connectivity index (χ0n) is 9.22. The van der Waals surface area contributed by atoms with Crippen LogP contribution in [0.5, 0.6) is 0 Å². The summed E-state index contributed by atoms with van der Waals surface area (Å²) < 4.78 is 1.77. The van der Waals surface area contributed by atoms with Crippen molar-refractivity contribution in [2.24, 2.45) is 7.05 Å². The number of rotatable bonds is 4. The van der Waals surface area contributed by atoms with Gasteiger partial charge in [-0.2, -0.15) is 5.10 Å². The predicted molar refractivity (Wildman–Crippen MR) is 62.9 cm³/mol. The molecule has 16 heavy (non-hydrogen) atoms. The maximum atomic E-state index is 9.16. The van der Waals surface area contributed by atoms with E-state index in [-0.39, 0.29) is 6.61 Å². The summed E-state index contributed by atoms with van der Waals surface area (Å²) >= 11 is 0. The Balaban J connectivity index is 2.04. The van der Waals surface area contributed by atoms with Crippen LogP contribution in [0, 0.1) is 0 Å². The third kappa shape index (κ3) is 2.41. The third-order valence-corrected chi connectivity index (χ3v) is 2.43. The molecular formula is C12H15N3O. The van der Waals surface area contributed by atoms with Crippen LogP contribution in [0.15, 0.2) is 36.7 Å². The van der Waals surface area contributed by atoms with Gasteiger partial charge in [-0.15, -0.1) is 0 Å². The number of nitrogens with zero attached hydrogens (tertiary/aromatic N) is 2. The summed E-state index contributed by atoms with van der Waals surface area (Å²) in [5, 5.41) is 16.5. The molecule has 0 bridgehead atoms. The first-order valence-electron chi connectivity index (χ1n) is 5.20. The van der Waals surface area contributed by atoms with Crippen LogP contribution < -0.4 is 5.32 Å². The summed E-state index contributed by atoms with van der Waals surface area (Å²) in [6.07, 6.45) is 3.79. The zero-order chi connectivity index (χ0) is 11.4. The number of nitrogens with one attached hydrogen (secondary N) is 1. The molecule has 2 N–H and O–H groups in total. The first-order valence-corrected chi connectivity index (χ1v) is 5.20. The maximum Gasteiger partial charge on any atom is 0.0701 e. The second-order valence-electron chi connectivity index (χ2n) is 3.69. The molecule has 0 fully saturated rings.